The third-order valence-electron chi connectivity index (χ3n) is 2.32. The lowest BCUT2D eigenvalue weighted by atomic mass is 10.0. The van der Waals surface area contributed by atoms with E-state index in [0.29, 0.717) is 12.2 Å². The number of carboxylic acids is 2. The minimum Gasteiger partial charge on any atom is -0.478 e. The molecule has 0 unspecified atom stereocenters. The third kappa shape index (κ3) is 5.16. The predicted octanol–water partition coefficient (Wildman–Crippen LogP) is 1.76. The average Bonchev–Trinajstić information content (AvgIpc) is 2.37. The fourth-order valence-electron chi connectivity index (χ4n) is 1.56. The van der Waals surface area contributed by atoms with Gasteiger partial charge in [-0.2, -0.15) is 0 Å². The number of carbonyl (C=O) groups is 2. The van der Waals surface area contributed by atoms with Crippen LogP contribution in [0.1, 0.15) is 12.0 Å². The number of aliphatic carboxylic acids is 2. The van der Waals surface area contributed by atoms with Gasteiger partial charge in [-0.25, -0.2) is 9.59 Å². The highest BCUT2D eigenvalue weighted by Gasteiger charge is 2.04. The number of anilines is 1. The Balaban J connectivity index is 0.000000187. The SMILES string of the molecule is O=C(O)/C=C/C(=O)O.c1ccc2c(c1)CCCN2. The van der Waals surface area contributed by atoms with E-state index in [1.54, 1.807) is 0 Å². The third-order valence-corrected chi connectivity index (χ3v) is 2.32. The fourth-order valence-corrected chi connectivity index (χ4v) is 1.56. The molecule has 0 saturated carbocycles. The molecule has 0 spiro atoms. The first-order valence-corrected chi connectivity index (χ1v) is 5.55. The first-order chi connectivity index (χ1) is 8.59. The molecule has 0 bridgehead atoms. The van der Waals surface area contributed by atoms with Gasteiger partial charge in [-0.3, -0.25) is 0 Å². The second-order valence-electron chi connectivity index (χ2n) is 3.70. The summed E-state index contributed by atoms with van der Waals surface area (Å²) in [6.45, 7) is 1.14. The van der Waals surface area contributed by atoms with Crippen LogP contribution in [0, 0.1) is 0 Å². The quantitative estimate of drug-likeness (QED) is 0.695. The first kappa shape index (κ1) is 13.8. The van der Waals surface area contributed by atoms with Gasteiger partial charge in [0.05, 0.1) is 0 Å². The topological polar surface area (TPSA) is 86.6 Å². The summed E-state index contributed by atoms with van der Waals surface area (Å²) in [7, 11) is 0. The van der Waals surface area contributed by atoms with E-state index in [9.17, 15) is 9.59 Å². The smallest absolute Gasteiger partial charge is 0.328 e. The zero-order valence-corrected chi connectivity index (χ0v) is 9.80. The standard InChI is InChI=1S/C9H11N.C4H4O4/c1-2-6-9-8(4-1)5-3-7-10-9;5-3(6)1-2-4(7)8/h1-2,4,6,10H,3,5,7H2;1-2H,(H,5,6)(H,7,8)/b;2-1+. The molecule has 0 radical (unpaired) electrons. The molecular formula is C13H15NO4. The Morgan fingerprint density at radius 1 is 1.11 bits per heavy atom. The summed E-state index contributed by atoms with van der Waals surface area (Å²) in [5.74, 6) is -2.51. The van der Waals surface area contributed by atoms with Crippen LogP contribution >= 0.6 is 0 Å². The van der Waals surface area contributed by atoms with Gasteiger partial charge in [0.15, 0.2) is 0 Å². The van der Waals surface area contributed by atoms with Crippen LogP contribution in [0.5, 0.6) is 0 Å². The first-order valence-electron chi connectivity index (χ1n) is 5.55. The molecule has 1 aromatic rings. The summed E-state index contributed by atoms with van der Waals surface area (Å²) < 4.78 is 0. The molecule has 0 amide bonds. The van der Waals surface area contributed by atoms with Crippen LogP contribution in [0.3, 0.4) is 0 Å². The number of aryl methyl sites for hydroxylation is 1. The van der Waals surface area contributed by atoms with Crippen LogP contribution in [0.2, 0.25) is 0 Å². The van der Waals surface area contributed by atoms with Crippen LogP contribution in [0.4, 0.5) is 5.69 Å². The molecule has 5 heteroatoms. The Kier molecular flexibility index (Phi) is 5.44. The summed E-state index contributed by atoms with van der Waals surface area (Å²) in [6, 6.07) is 8.53. The van der Waals surface area contributed by atoms with Crippen molar-refractivity contribution < 1.29 is 19.8 Å². The van der Waals surface area contributed by atoms with Gasteiger partial charge >= 0.3 is 11.9 Å². The maximum atomic E-state index is 9.55. The molecule has 1 heterocycles. The van der Waals surface area contributed by atoms with Crippen molar-refractivity contribution >= 4 is 17.6 Å². The minimum absolute atomic E-state index is 0.558. The van der Waals surface area contributed by atoms with E-state index in [2.05, 4.69) is 29.6 Å². The summed E-state index contributed by atoms with van der Waals surface area (Å²) in [4.78, 5) is 19.1. The number of hydrogen-bond donors (Lipinski definition) is 3. The van der Waals surface area contributed by atoms with Gasteiger partial charge in [-0.1, -0.05) is 18.2 Å². The Labute approximate surface area is 105 Å². The number of nitrogens with one attached hydrogen (secondary N) is 1. The van der Waals surface area contributed by atoms with Crippen LogP contribution in [0.15, 0.2) is 36.4 Å². The lowest BCUT2D eigenvalue weighted by molar-refractivity contribution is -0.134. The maximum absolute atomic E-state index is 9.55. The van der Waals surface area contributed by atoms with Crippen LogP contribution in [0.25, 0.3) is 0 Å². The Bertz CT molecular complexity index is 413. The largest absolute Gasteiger partial charge is 0.478 e. The second kappa shape index (κ2) is 7.11. The number of benzene rings is 1. The van der Waals surface area contributed by atoms with E-state index in [1.165, 1.54) is 24.1 Å². The molecule has 0 aromatic heterocycles. The minimum atomic E-state index is -1.26. The summed E-state index contributed by atoms with van der Waals surface area (Å²) in [6.07, 6.45) is 3.63. The molecule has 0 saturated heterocycles. The number of hydrogen-bond acceptors (Lipinski definition) is 3. The molecule has 0 atom stereocenters. The summed E-state index contributed by atoms with van der Waals surface area (Å²) in [5, 5.41) is 19.0. The lowest BCUT2D eigenvalue weighted by Crippen LogP contribution is -2.10. The molecule has 1 aliphatic rings. The Morgan fingerprint density at radius 2 is 1.72 bits per heavy atom. The molecule has 0 aliphatic carbocycles. The van der Waals surface area contributed by atoms with Gasteiger partial charge in [0.25, 0.3) is 0 Å². The van der Waals surface area contributed by atoms with E-state index in [1.807, 2.05) is 0 Å². The van der Waals surface area contributed by atoms with Crippen LogP contribution in [-0.4, -0.2) is 28.7 Å². The highest BCUT2D eigenvalue weighted by atomic mass is 16.4. The van der Waals surface area contributed by atoms with E-state index in [0.717, 1.165) is 6.54 Å². The number of para-hydroxylation sites is 1. The number of rotatable bonds is 2. The van der Waals surface area contributed by atoms with Gasteiger partial charge in [0.1, 0.15) is 0 Å². The van der Waals surface area contributed by atoms with Gasteiger partial charge in [0.2, 0.25) is 0 Å². The van der Waals surface area contributed by atoms with Crippen LogP contribution in [-0.2, 0) is 16.0 Å². The maximum Gasteiger partial charge on any atom is 0.328 e. The van der Waals surface area contributed by atoms with E-state index in [4.69, 9.17) is 10.2 Å². The summed E-state index contributed by atoms with van der Waals surface area (Å²) in [5.41, 5.74) is 2.79. The van der Waals surface area contributed by atoms with E-state index >= 15 is 0 Å². The molecule has 5 nitrogen and oxygen atoms in total. The van der Waals surface area contributed by atoms with Gasteiger partial charge in [0, 0.05) is 24.4 Å². The molecule has 18 heavy (non-hydrogen) atoms. The van der Waals surface area contributed by atoms with Crippen LogP contribution < -0.4 is 5.32 Å². The van der Waals surface area contributed by atoms with Gasteiger partial charge in [-0.15, -0.1) is 0 Å². The molecule has 1 aliphatic heterocycles. The van der Waals surface area contributed by atoms with Crippen molar-refractivity contribution in [2.75, 3.05) is 11.9 Å². The average molecular weight is 249 g/mol. The molecule has 2 rings (SSSR count). The van der Waals surface area contributed by atoms with Crippen molar-refractivity contribution in [1.82, 2.24) is 0 Å². The monoisotopic (exact) mass is 249 g/mol. The van der Waals surface area contributed by atoms with Crippen molar-refractivity contribution in [3.8, 4) is 0 Å². The van der Waals surface area contributed by atoms with Crippen molar-refractivity contribution in [1.29, 1.82) is 0 Å². The number of fused-ring (bicyclic) bond motifs is 1. The van der Waals surface area contributed by atoms with Gasteiger partial charge in [-0.05, 0) is 24.5 Å². The summed E-state index contributed by atoms with van der Waals surface area (Å²) >= 11 is 0. The Morgan fingerprint density at radius 3 is 2.28 bits per heavy atom. The lowest BCUT2D eigenvalue weighted by Gasteiger charge is -2.16. The Hall–Kier alpha value is -2.30. The predicted molar refractivity (Wildman–Crippen MR) is 67.7 cm³/mol. The molecular weight excluding hydrogens is 234 g/mol. The number of carboxylic acid groups (broad SMARTS) is 2. The second-order valence-corrected chi connectivity index (χ2v) is 3.70. The highest BCUT2D eigenvalue weighted by molar-refractivity contribution is 5.89. The van der Waals surface area contributed by atoms with Gasteiger partial charge < -0.3 is 15.5 Å². The van der Waals surface area contributed by atoms with Crippen molar-refractivity contribution in [2.45, 2.75) is 12.8 Å². The zero-order chi connectivity index (χ0) is 13.4. The molecule has 1 aromatic carbocycles. The van der Waals surface area contributed by atoms with Crippen molar-refractivity contribution in [3.05, 3.63) is 42.0 Å². The molecule has 0 fully saturated rings. The fraction of sp³-hybridized carbons (Fsp3) is 0.231. The van der Waals surface area contributed by atoms with E-state index in [-0.39, 0.29) is 0 Å². The van der Waals surface area contributed by atoms with Crippen molar-refractivity contribution in [2.24, 2.45) is 0 Å². The van der Waals surface area contributed by atoms with Crippen molar-refractivity contribution in [3.63, 3.8) is 0 Å². The highest BCUT2D eigenvalue weighted by Crippen LogP contribution is 2.20. The normalized spacial score (nSPS) is 12.9. The molecule has 96 valence electrons. The zero-order valence-electron chi connectivity index (χ0n) is 9.80. The van der Waals surface area contributed by atoms with E-state index < -0.39 is 11.9 Å². The molecule has 3 N–H and O–H groups in total.